The number of nitrogens with one attached hydrogen (secondary N) is 1. The molecule has 0 saturated heterocycles. The third-order valence-electron chi connectivity index (χ3n) is 4.06. The van der Waals surface area contributed by atoms with Crippen LogP contribution in [0.5, 0.6) is 0 Å². The van der Waals surface area contributed by atoms with Crippen molar-refractivity contribution in [1.82, 2.24) is 14.8 Å². The summed E-state index contributed by atoms with van der Waals surface area (Å²) in [6.45, 7) is 3.56. The molecule has 1 aromatic heterocycles. The Morgan fingerprint density at radius 3 is 2.56 bits per heavy atom. The van der Waals surface area contributed by atoms with Crippen molar-refractivity contribution in [3.63, 3.8) is 0 Å². The van der Waals surface area contributed by atoms with Crippen LogP contribution >= 0.6 is 11.8 Å². The molecule has 0 fully saturated rings. The van der Waals surface area contributed by atoms with Crippen LogP contribution in [0.25, 0.3) is 0 Å². The van der Waals surface area contributed by atoms with Crippen molar-refractivity contribution in [2.24, 2.45) is 0 Å². The van der Waals surface area contributed by atoms with Crippen LogP contribution in [0.1, 0.15) is 31.0 Å². The number of hydrogen-bond donors (Lipinski definition) is 1. The van der Waals surface area contributed by atoms with Crippen LogP contribution < -0.4 is 5.32 Å². The zero-order valence-corrected chi connectivity index (χ0v) is 15.6. The largest absolute Gasteiger partial charge is 0.463 e. The Morgan fingerprint density at radius 1 is 1.33 bits per heavy atom. The number of esters is 1. The second kappa shape index (κ2) is 7.26. The Hall–Kier alpha value is -2.49. The lowest BCUT2D eigenvalue weighted by molar-refractivity contribution is -0.139. The van der Waals surface area contributed by atoms with Gasteiger partial charge >= 0.3 is 12.1 Å². The van der Waals surface area contributed by atoms with Crippen molar-refractivity contribution in [1.29, 1.82) is 0 Å². The van der Waals surface area contributed by atoms with E-state index in [1.807, 2.05) is 0 Å². The number of anilines is 1. The van der Waals surface area contributed by atoms with E-state index >= 15 is 0 Å². The number of halogens is 3. The van der Waals surface area contributed by atoms with Crippen LogP contribution in [0.2, 0.25) is 0 Å². The summed E-state index contributed by atoms with van der Waals surface area (Å²) >= 11 is 1.32. The number of ether oxygens (including phenoxy) is 1. The van der Waals surface area contributed by atoms with Crippen LogP contribution in [0.4, 0.5) is 19.1 Å². The number of thioether (sulfide) groups is 1. The number of rotatable bonds is 4. The summed E-state index contributed by atoms with van der Waals surface area (Å²) in [7, 11) is 0. The molecule has 0 spiro atoms. The number of benzene rings is 1. The lowest BCUT2D eigenvalue weighted by Crippen LogP contribution is -2.29. The second-order valence-corrected chi connectivity index (χ2v) is 6.55. The van der Waals surface area contributed by atoms with Gasteiger partial charge in [0.25, 0.3) is 0 Å². The average molecular weight is 398 g/mol. The lowest BCUT2D eigenvalue weighted by Gasteiger charge is -2.28. The highest BCUT2D eigenvalue weighted by Gasteiger charge is 2.36. The summed E-state index contributed by atoms with van der Waals surface area (Å²) in [5.41, 5.74) is 0.514. The average Bonchev–Trinajstić information content (AvgIpc) is 3.02. The molecule has 1 unspecified atom stereocenters. The van der Waals surface area contributed by atoms with Gasteiger partial charge in [-0.25, -0.2) is 9.48 Å². The first kappa shape index (κ1) is 19.3. The number of aromatic nitrogens is 3. The van der Waals surface area contributed by atoms with E-state index in [0.717, 1.165) is 12.1 Å². The quantitative estimate of drug-likeness (QED) is 0.623. The van der Waals surface area contributed by atoms with E-state index in [4.69, 9.17) is 4.74 Å². The van der Waals surface area contributed by atoms with Crippen LogP contribution in [0.15, 0.2) is 40.7 Å². The Morgan fingerprint density at radius 2 is 2.00 bits per heavy atom. The molecule has 1 N–H and O–H groups in total. The van der Waals surface area contributed by atoms with E-state index in [9.17, 15) is 18.0 Å². The van der Waals surface area contributed by atoms with Gasteiger partial charge in [-0.2, -0.15) is 18.2 Å². The molecule has 1 aliphatic rings. The normalized spacial score (nSPS) is 16.7. The number of fused-ring (bicyclic) bond motifs is 1. The maximum atomic E-state index is 12.9. The summed E-state index contributed by atoms with van der Waals surface area (Å²) in [4.78, 5) is 16.9. The molecule has 1 aliphatic heterocycles. The number of hydrogen-bond acceptors (Lipinski definition) is 6. The smallest absolute Gasteiger partial charge is 0.416 e. The van der Waals surface area contributed by atoms with E-state index in [1.165, 1.54) is 28.6 Å². The fourth-order valence-corrected chi connectivity index (χ4v) is 3.20. The van der Waals surface area contributed by atoms with Crippen molar-refractivity contribution >= 4 is 23.7 Å². The monoisotopic (exact) mass is 398 g/mol. The molecule has 3 rings (SSSR count). The Labute approximate surface area is 157 Å². The van der Waals surface area contributed by atoms with Gasteiger partial charge in [-0.05, 0) is 37.8 Å². The first-order valence-electron chi connectivity index (χ1n) is 8.08. The van der Waals surface area contributed by atoms with Crippen molar-refractivity contribution in [3.8, 4) is 0 Å². The molecule has 144 valence electrons. The minimum atomic E-state index is -4.44. The fraction of sp³-hybridized carbons (Fsp3) is 0.353. The fourth-order valence-electron chi connectivity index (χ4n) is 2.85. The molecule has 1 aromatic carbocycles. The molecular weight excluding hydrogens is 381 g/mol. The molecule has 0 aliphatic carbocycles. The van der Waals surface area contributed by atoms with E-state index in [2.05, 4.69) is 15.4 Å². The molecule has 27 heavy (non-hydrogen) atoms. The molecule has 2 aromatic rings. The maximum Gasteiger partial charge on any atom is 0.416 e. The molecule has 0 radical (unpaired) electrons. The van der Waals surface area contributed by atoms with Gasteiger partial charge in [-0.1, -0.05) is 23.9 Å². The maximum absolute atomic E-state index is 12.9. The van der Waals surface area contributed by atoms with Gasteiger partial charge in [0.15, 0.2) is 0 Å². The van der Waals surface area contributed by atoms with Gasteiger partial charge in [0.2, 0.25) is 11.1 Å². The second-order valence-electron chi connectivity index (χ2n) is 5.77. The topological polar surface area (TPSA) is 69.0 Å². The molecule has 10 heteroatoms. The number of carbonyl (C=O) groups is 1. The number of allylic oxidation sites excluding steroid dienone is 1. The van der Waals surface area contributed by atoms with Gasteiger partial charge in [0.05, 0.1) is 17.7 Å². The highest BCUT2D eigenvalue weighted by molar-refractivity contribution is 7.98. The Balaban J connectivity index is 2.12. The predicted molar refractivity (Wildman–Crippen MR) is 94.3 cm³/mol. The number of nitrogens with zero attached hydrogens (tertiary/aromatic N) is 3. The van der Waals surface area contributed by atoms with Crippen LogP contribution in [0, 0.1) is 0 Å². The van der Waals surface area contributed by atoms with E-state index in [-0.39, 0.29) is 12.2 Å². The van der Waals surface area contributed by atoms with E-state index < -0.39 is 23.8 Å². The van der Waals surface area contributed by atoms with Gasteiger partial charge in [-0.15, -0.1) is 5.10 Å². The minimum absolute atomic E-state index is 0.176. The van der Waals surface area contributed by atoms with Gasteiger partial charge < -0.3 is 10.1 Å². The van der Waals surface area contributed by atoms with Crippen LogP contribution in [0.3, 0.4) is 0 Å². The molecule has 6 nitrogen and oxygen atoms in total. The molecule has 1 atom stereocenters. The van der Waals surface area contributed by atoms with Gasteiger partial charge in [0, 0.05) is 5.70 Å². The number of alkyl halides is 3. The van der Waals surface area contributed by atoms with Crippen LogP contribution in [-0.4, -0.2) is 33.6 Å². The van der Waals surface area contributed by atoms with Crippen molar-refractivity contribution < 1.29 is 22.7 Å². The van der Waals surface area contributed by atoms with Crippen molar-refractivity contribution in [2.45, 2.75) is 31.2 Å². The van der Waals surface area contributed by atoms with Crippen molar-refractivity contribution in [3.05, 3.63) is 46.7 Å². The summed E-state index contributed by atoms with van der Waals surface area (Å²) in [6.07, 6.45) is -2.63. The summed E-state index contributed by atoms with van der Waals surface area (Å²) < 4.78 is 45.3. The Kier molecular flexibility index (Phi) is 5.18. The number of carbonyl (C=O) groups excluding carboxylic acids is 1. The molecule has 0 saturated carbocycles. The summed E-state index contributed by atoms with van der Waals surface area (Å²) in [5.74, 6) is -0.144. The lowest BCUT2D eigenvalue weighted by atomic mass is 9.95. The van der Waals surface area contributed by atoms with E-state index in [1.54, 1.807) is 20.1 Å². The van der Waals surface area contributed by atoms with Gasteiger partial charge in [0.1, 0.15) is 6.04 Å². The first-order chi connectivity index (χ1) is 12.8. The van der Waals surface area contributed by atoms with Crippen LogP contribution in [-0.2, 0) is 15.7 Å². The zero-order chi connectivity index (χ0) is 19.8. The summed E-state index contributed by atoms with van der Waals surface area (Å²) in [6, 6.07) is 3.92. The predicted octanol–water partition coefficient (Wildman–Crippen LogP) is 3.87. The van der Waals surface area contributed by atoms with Crippen molar-refractivity contribution in [2.75, 3.05) is 18.2 Å². The SMILES string of the molecule is CCOC(=O)C1=C(C)Nc2nc(SC)nn2C1c1ccc(C(F)(F)F)cc1. The Bertz CT molecular complexity index is 891. The molecule has 0 bridgehead atoms. The standard InChI is InChI=1S/C17H17F3N4O2S/c1-4-26-14(25)12-9(2)21-15-22-16(27-3)23-24(15)13(12)10-5-7-11(8-6-10)17(18,19)20/h5-8,13H,4H2,1-3H3,(H,21,22,23). The zero-order valence-electron chi connectivity index (χ0n) is 14.8. The highest BCUT2D eigenvalue weighted by atomic mass is 32.2. The molecule has 0 amide bonds. The summed E-state index contributed by atoms with van der Waals surface area (Å²) in [5, 5.41) is 7.86. The minimum Gasteiger partial charge on any atom is -0.463 e. The van der Waals surface area contributed by atoms with Gasteiger partial charge in [-0.3, -0.25) is 0 Å². The van der Waals surface area contributed by atoms with E-state index in [0.29, 0.717) is 22.4 Å². The highest BCUT2D eigenvalue weighted by Crippen LogP contribution is 2.37. The molecular formula is C17H17F3N4O2S. The first-order valence-corrected chi connectivity index (χ1v) is 9.31. The third kappa shape index (κ3) is 3.66. The molecule has 2 heterocycles. The third-order valence-corrected chi connectivity index (χ3v) is 4.60.